The Morgan fingerprint density at radius 2 is 2.42 bits per heavy atom. The second kappa shape index (κ2) is 6.02. The van der Waals surface area contributed by atoms with Gasteiger partial charge in [0.15, 0.2) is 0 Å². The normalized spacial score (nSPS) is 23.2. The Bertz CT molecular complexity index is 450. The number of pyridine rings is 1. The first kappa shape index (κ1) is 13.8. The smallest absolute Gasteiger partial charge is 0.356 e. The largest absolute Gasteiger partial charge is 0.464 e. The van der Waals surface area contributed by atoms with Gasteiger partial charge < -0.3 is 15.4 Å². The van der Waals surface area contributed by atoms with Gasteiger partial charge in [0, 0.05) is 25.0 Å². The van der Waals surface area contributed by atoms with Gasteiger partial charge in [0.1, 0.15) is 5.69 Å². The van der Waals surface area contributed by atoms with Crippen molar-refractivity contribution in [3.05, 3.63) is 24.0 Å². The van der Waals surface area contributed by atoms with Crippen LogP contribution in [0.15, 0.2) is 18.3 Å². The van der Waals surface area contributed by atoms with Crippen LogP contribution in [0.4, 0.5) is 5.69 Å². The number of piperidine rings is 1. The third kappa shape index (κ3) is 3.04. The Kier molecular flexibility index (Phi) is 4.37. The van der Waals surface area contributed by atoms with Crippen molar-refractivity contribution in [3.63, 3.8) is 0 Å². The molecule has 0 amide bonds. The molecule has 0 aromatic carbocycles. The number of nitrogens with two attached hydrogens (primary N) is 1. The molecule has 0 aliphatic carbocycles. The number of methoxy groups -OCH3 is 1. The predicted molar refractivity (Wildman–Crippen MR) is 74.1 cm³/mol. The van der Waals surface area contributed by atoms with Crippen LogP contribution in [0.25, 0.3) is 0 Å². The Morgan fingerprint density at radius 1 is 1.63 bits per heavy atom. The Balaban J connectivity index is 2.15. The molecule has 1 saturated heterocycles. The second-order valence-corrected chi connectivity index (χ2v) is 5.10. The third-order valence-corrected chi connectivity index (χ3v) is 3.92. The van der Waals surface area contributed by atoms with Crippen molar-refractivity contribution in [1.82, 2.24) is 4.98 Å². The van der Waals surface area contributed by atoms with Crippen LogP contribution in [0.3, 0.4) is 0 Å². The van der Waals surface area contributed by atoms with Crippen molar-refractivity contribution in [1.29, 1.82) is 0 Å². The molecule has 1 aliphatic rings. The summed E-state index contributed by atoms with van der Waals surface area (Å²) in [6, 6.07) is 3.71. The van der Waals surface area contributed by atoms with Crippen LogP contribution >= 0.6 is 0 Å². The van der Waals surface area contributed by atoms with E-state index in [0.29, 0.717) is 24.1 Å². The van der Waals surface area contributed by atoms with Gasteiger partial charge in [-0.1, -0.05) is 6.92 Å². The SMILES string of the molecule is COC(=O)c1cc(N2CCC(C)C(CN)C2)ccn1. The van der Waals surface area contributed by atoms with Crippen molar-refractivity contribution in [2.45, 2.75) is 13.3 Å². The number of ether oxygens (including phenoxy) is 1. The summed E-state index contributed by atoms with van der Waals surface area (Å²) < 4.78 is 4.70. The highest BCUT2D eigenvalue weighted by Crippen LogP contribution is 2.26. The number of anilines is 1. The molecule has 2 unspecified atom stereocenters. The van der Waals surface area contributed by atoms with Crippen LogP contribution in [-0.2, 0) is 4.74 Å². The number of esters is 1. The van der Waals surface area contributed by atoms with Gasteiger partial charge in [-0.2, -0.15) is 0 Å². The van der Waals surface area contributed by atoms with Crippen molar-refractivity contribution >= 4 is 11.7 Å². The van der Waals surface area contributed by atoms with Crippen molar-refractivity contribution in [3.8, 4) is 0 Å². The van der Waals surface area contributed by atoms with Crippen LogP contribution in [0, 0.1) is 11.8 Å². The fraction of sp³-hybridized carbons (Fsp3) is 0.571. The number of hydrogen-bond donors (Lipinski definition) is 1. The molecule has 2 rings (SSSR count). The van der Waals surface area contributed by atoms with Crippen molar-refractivity contribution < 1.29 is 9.53 Å². The summed E-state index contributed by atoms with van der Waals surface area (Å²) in [4.78, 5) is 17.8. The molecule has 0 saturated carbocycles. The number of carbonyl (C=O) groups excluding carboxylic acids is 1. The maximum absolute atomic E-state index is 11.5. The molecule has 1 fully saturated rings. The summed E-state index contributed by atoms with van der Waals surface area (Å²) in [5.74, 6) is 0.759. The zero-order valence-electron chi connectivity index (χ0n) is 11.5. The Morgan fingerprint density at radius 3 is 3.11 bits per heavy atom. The second-order valence-electron chi connectivity index (χ2n) is 5.10. The third-order valence-electron chi connectivity index (χ3n) is 3.92. The molecule has 2 atom stereocenters. The van der Waals surface area contributed by atoms with E-state index in [1.807, 2.05) is 6.07 Å². The quantitative estimate of drug-likeness (QED) is 0.832. The summed E-state index contributed by atoms with van der Waals surface area (Å²) in [6.45, 7) is 4.87. The maximum Gasteiger partial charge on any atom is 0.356 e. The molecule has 0 radical (unpaired) electrons. The molecule has 1 aromatic rings. The Labute approximate surface area is 113 Å². The number of rotatable bonds is 3. The predicted octanol–water partition coefficient (Wildman–Crippen LogP) is 1.29. The molecule has 19 heavy (non-hydrogen) atoms. The van der Waals surface area contributed by atoms with Crippen LogP contribution in [0.5, 0.6) is 0 Å². The van der Waals surface area contributed by atoms with E-state index in [4.69, 9.17) is 10.5 Å². The van der Waals surface area contributed by atoms with Crippen LogP contribution < -0.4 is 10.6 Å². The van der Waals surface area contributed by atoms with E-state index in [0.717, 1.165) is 25.2 Å². The number of hydrogen-bond acceptors (Lipinski definition) is 5. The van der Waals surface area contributed by atoms with E-state index < -0.39 is 5.97 Å². The minimum absolute atomic E-state index is 0.350. The van der Waals surface area contributed by atoms with Gasteiger partial charge >= 0.3 is 5.97 Å². The Hall–Kier alpha value is -1.62. The fourth-order valence-electron chi connectivity index (χ4n) is 2.52. The molecule has 0 spiro atoms. The highest BCUT2D eigenvalue weighted by Gasteiger charge is 2.25. The molecular weight excluding hydrogens is 242 g/mol. The van der Waals surface area contributed by atoms with Gasteiger partial charge in [0.05, 0.1) is 7.11 Å². The molecular formula is C14H21N3O2. The lowest BCUT2D eigenvalue weighted by atomic mass is 9.87. The molecule has 2 heterocycles. The molecule has 5 nitrogen and oxygen atoms in total. The molecule has 1 aromatic heterocycles. The minimum atomic E-state index is -0.400. The van der Waals surface area contributed by atoms with Gasteiger partial charge in [-0.3, -0.25) is 0 Å². The summed E-state index contributed by atoms with van der Waals surface area (Å²) >= 11 is 0. The van der Waals surface area contributed by atoms with E-state index in [-0.39, 0.29) is 0 Å². The summed E-state index contributed by atoms with van der Waals surface area (Å²) in [6.07, 6.45) is 2.77. The van der Waals surface area contributed by atoms with E-state index in [9.17, 15) is 4.79 Å². The molecule has 1 aliphatic heterocycles. The van der Waals surface area contributed by atoms with E-state index >= 15 is 0 Å². The van der Waals surface area contributed by atoms with Gasteiger partial charge in [0.2, 0.25) is 0 Å². The van der Waals surface area contributed by atoms with Crippen LogP contribution in [0.1, 0.15) is 23.8 Å². The van der Waals surface area contributed by atoms with E-state index in [2.05, 4.69) is 16.8 Å². The standard InChI is InChI=1S/C14H21N3O2/c1-10-4-6-17(9-11(10)8-15)12-3-5-16-13(7-12)14(18)19-2/h3,5,7,10-11H,4,6,8-9,15H2,1-2H3. The summed E-state index contributed by atoms with van der Waals surface area (Å²) in [5, 5.41) is 0. The first-order chi connectivity index (χ1) is 9.15. The molecule has 5 heteroatoms. The first-order valence-electron chi connectivity index (χ1n) is 6.65. The van der Waals surface area contributed by atoms with E-state index in [1.54, 1.807) is 12.3 Å². The molecule has 2 N–H and O–H groups in total. The van der Waals surface area contributed by atoms with Crippen molar-refractivity contribution in [2.75, 3.05) is 31.6 Å². The highest BCUT2D eigenvalue weighted by molar-refractivity contribution is 5.88. The lowest BCUT2D eigenvalue weighted by Gasteiger charge is -2.38. The number of nitrogens with zero attached hydrogens (tertiary/aromatic N) is 2. The van der Waals surface area contributed by atoms with Crippen LogP contribution in [-0.4, -0.2) is 37.7 Å². The number of carbonyl (C=O) groups is 1. The minimum Gasteiger partial charge on any atom is -0.464 e. The first-order valence-corrected chi connectivity index (χ1v) is 6.65. The lowest BCUT2D eigenvalue weighted by Crippen LogP contribution is -2.42. The van der Waals surface area contributed by atoms with Gasteiger partial charge in [0.25, 0.3) is 0 Å². The maximum atomic E-state index is 11.5. The zero-order chi connectivity index (χ0) is 13.8. The molecule has 0 bridgehead atoms. The van der Waals surface area contributed by atoms with Gasteiger partial charge in [-0.15, -0.1) is 0 Å². The monoisotopic (exact) mass is 263 g/mol. The fourth-order valence-corrected chi connectivity index (χ4v) is 2.52. The topological polar surface area (TPSA) is 68.5 Å². The highest BCUT2D eigenvalue weighted by atomic mass is 16.5. The lowest BCUT2D eigenvalue weighted by molar-refractivity contribution is 0.0594. The van der Waals surface area contributed by atoms with E-state index in [1.165, 1.54) is 7.11 Å². The van der Waals surface area contributed by atoms with Crippen LogP contribution in [0.2, 0.25) is 0 Å². The average molecular weight is 263 g/mol. The summed E-state index contributed by atoms with van der Waals surface area (Å²) in [7, 11) is 1.36. The zero-order valence-corrected chi connectivity index (χ0v) is 11.5. The van der Waals surface area contributed by atoms with Gasteiger partial charge in [-0.25, -0.2) is 9.78 Å². The molecule has 104 valence electrons. The summed E-state index contributed by atoms with van der Waals surface area (Å²) in [5.41, 5.74) is 7.19. The average Bonchev–Trinajstić information content (AvgIpc) is 2.47. The van der Waals surface area contributed by atoms with Gasteiger partial charge in [-0.05, 0) is 36.9 Å². The van der Waals surface area contributed by atoms with Crippen molar-refractivity contribution in [2.24, 2.45) is 17.6 Å². The number of aromatic nitrogens is 1.